The van der Waals surface area contributed by atoms with Crippen LogP contribution in [0.5, 0.6) is 0 Å². The summed E-state index contributed by atoms with van der Waals surface area (Å²) >= 11 is 0. The van der Waals surface area contributed by atoms with Crippen LogP contribution in [0.2, 0.25) is 0 Å². The summed E-state index contributed by atoms with van der Waals surface area (Å²) in [5.74, 6) is -0.544. The molecule has 0 aromatic heterocycles. The van der Waals surface area contributed by atoms with Gasteiger partial charge in [-0.15, -0.1) is 0 Å². The second kappa shape index (κ2) is 12.2. The monoisotopic (exact) mass is 480 g/mol. The molecule has 0 unspecified atom stereocenters. The van der Waals surface area contributed by atoms with E-state index in [2.05, 4.69) is 44.0 Å². The molecule has 0 saturated carbocycles. The van der Waals surface area contributed by atoms with Gasteiger partial charge in [-0.2, -0.15) is 0 Å². The van der Waals surface area contributed by atoms with Crippen LogP contribution in [0.4, 0.5) is 10.1 Å². The minimum absolute atomic E-state index is 0.0636. The molecule has 0 fully saturated rings. The second-order valence-corrected chi connectivity index (χ2v) is 9.41. The smallest absolute Gasteiger partial charge is 0.321 e. The number of halogens is 1. The molecule has 1 aromatic carbocycles. The number of hydrogen-bond acceptors (Lipinski definition) is 3. The van der Waals surface area contributed by atoms with E-state index in [4.69, 9.17) is 0 Å². The van der Waals surface area contributed by atoms with Gasteiger partial charge < -0.3 is 5.32 Å². The number of fused-ring (bicyclic) bond motifs is 1. The Kier molecular flexibility index (Phi) is 9.35. The number of nitrogens with two attached hydrogens (primary N) is 1. The van der Waals surface area contributed by atoms with Crippen LogP contribution in [-0.2, 0) is 9.59 Å². The maximum absolute atomic E-state index is 14.0. The van der Waals surface area contributed by atoms with Crippen LogP contribution in [0.3, 0.4) is 0 Å². The maximum Gasteiger partial charge on any atom is 0.342 e. The summed E-state index contributed by atoms with van der Waals surface area (Å²) in [5, 5.41) is 4.67. The lowest BCUT2D eigenvalue weighted by molar-refractivity contribution is -0.564. The first-order valence-electron chi connectivity index (χ1n) is 12.8. The summed E-state index contributed by atoms with van der Waals surface area (Å²) in [6, 6.07) is 4.35. The SMILES string of the molecule is CC=C(C)CC1=C(C=C2C(=O)Nc3ccc(F)cc32)CCCC(C)=C1C(=O)[NH2+]CCN(CC)CC. The quantitative estimate of drug-likeness (QED) is 0.396. The Bertz CT molecular complexity index is 1110. The Labute approximate surface area is 208 Å². The van der Waals surface area contributed by atoms with Gasteiger partial charge in [-0.3, -0.25) is 15.0 Å². The van der Waals surface area contributed by atoms with Gasteiger partial charge >= 0.3 is 5.91 Å². The normalized spacial score (nSPS) is 17.9. The van der Waals surface area contributed by atoms with Crippen LogP contribution in [0.15, 0.2) is 58.2 Å². The Hall–Kier alpha value is -2.83. The summed E-state index contributed by atoms with van der Waals surface area (Å²) in [4.78, 5) is 28.7. The molecule has 0 saturated heterocycles. The summed E-state index contributed by atoms with van der Waals surface area (Å²) in [5.41, 5.74) is 6.69. The molecule has 0 atom stereocenters. The Morgan fingerprint density at radius 3 is 2.66 bits per heavy atom. The first-order chi connectivity index (χ1) is 16.8. The topological polar surface area (TPSA) is 66.0 Å². The number of amides is 2. The lowest BCUT2D eigenvalue weighted by Gasteiger charge is -2.18. The Balaban J connectivity index is 2.04. The van der Waals surface area contributed by atoms with Crippen molar-refractivity contribution in [3.05, 3.63) is 69.6 Å². The molecule has 188 valence electrons. The minimum atomic E-state index is -0.375. The fourth-order valence-corrected chi connectivity index (χ4v) is 4.84. The zero-order valence-electron chi connectivity index (χ0n) is 21.8. The number of quaternary nitrogens is 1. The second-order valence-electron chi connectivity index (χ2n) is 9.41. The van der Waals surface area contributed by atoms with E-state index in [9.17, 15) is 14.0 Å². The molecule has 0 radical (unpaired) electrons. The molecule has 1 aromatic rings. The number of nitrogens with one attached hydrogen (secondary N) is 1. The van der Waals surface area contributed by atoms with E-state index in [-0.39, 0.29) is 17.6 Å². The fourth-order valence-electron chi connectivity index (χ4n) is 4.84. The number of carbonyl (C=O) groups is 2. The molecule has 2 amide bonds. The number of anilines is 1. The number of likely N-dealkylation sites (N-methyl/N-ethyl adjacent to an activating group) is 1. The molecule has 2 aliphatic rings. The maximum atomic E-state index is 14.0. The summed E-state index contributed by atoms with van der Waals surface area (Å²) < 4.78 is 14.0. The molecular formula is C29H39FN3O2+. The molecule has 0 bridgehead atoms. The van der Waals surface area contributed by atoms with Crippen molar-refractivity contribution in [2.45, 2.75) is 60.3 Å². The number of primary amides is 1. The Morgan fingerprint density at radius 1 is 1.23 bits per heavy atom. The van der Waals surface area contributed by atoms with Gasteiger partial charge in [0.2, 0.25) is 0 Å². The average molecular weight is 481 g/mol. The first kappa shape index (κ1) is 26.8. The van der Waals surface area contributed by atoms with E-state index >= 15 is 0 Å². The summed E-state index contributed by atoms with van der Waals surface area (Å²) in [6.45, 7) is 13.9. The van der Waals surface area contributed by atoms with Crippen LogP contribution in [-0.4, -0.2) is 42.9 Å². The highest BCUT2D eigenvalue weighted by molar-refractivity contribution is 6.31. The summed E-state index contributed by atoms with van der Waals surface area (Å²) in [7, 11) is 0. The van der Waals surface area contributed by atoms with Crippen molar-refractivity contribution >= 4 is 23.1 Å². The predicted molar refractivity (Wildman–Crippen MR) is 140 cm³/mol. The number of hydrogen-bond donors (Lipinski definition) is 2. The zero-order chi connectivity index (χ0) is 25.5. The number of carbonyl (C=O) groups excluding carboxylic acids is 2. The van der Waals surface area contributed by atoms with Crippen molar-refractivity contribution in [1.29, 1.82) is 0 Å². The van der Waals surface area contributed by atoms with Gasteiger partial charge in [0.1, 0.15) is 5.82 Å². The van der Waals surface area contributed by atoms with E-state index < -0.39 is 0 Å². The highest BCUT2D eigenvalue weighted by Gasteiger charge is 2.29. The fraction of sp³-hybridized carbons (Fsp3) is 0.448. The molecule has 0 spiro atoms. The van der Waals surface area contributed by atoms with Gasteiger partial charge in [-0.25, -0.2) is 9.18 Å². The number of allylic oxidation sites excluding steroid dienone is 5. The van der Waals surface area contributed by atoms with E-state index in [1.54, 1.807) is 6.07 Å². The van der Waals surface area contributed by atoms with Crippen molar-refractivity contribution < 1.29 is 19.3 Å². The standard InChI is InChI=1S/C29H38FN3O2/c1-6-19(4)16-23-21(17-25-24-18-22(30)12-13-26(24)32-28(25)34)11-9-10-20(5)27(23)29(35)31-14-15-33(7-2)8-3/h6,12-13,17-18H,7-11,14-16H2,1-5H3,(H,31,35)(H,32,34)/p+1. The van der Waals surface area contributed by atoms with Crippen molar-refractivity contribution in [3.8, 4) is 0 Å². The van der Waals surface area contributed by atoms with Crippen molar-refractivity contribution in [2.24, 2.45) is 0 Å². The van der Waals surface area contributed by atoms with Crippen LogP contribution in [0.25, 0.3) is 5.57 Å². The predicted octanol–water partition coefficient (Wildman–Crippen LogP) is 4.75. The van der Waals surface area contributed by atoms with E-state index in [1.165, 1.54) is 17.7 Å². The minimum Gasteiger partial charge on any atom is -0.321 e. The van der Waals surface area contributed by atoms with E-state index in [0.29, 0.717) is 29.8 Å². The van der Waals surface area contributed by atoms with Crippen LogP contribution in [0.1, 0.15) is 65.9 Å². The van der Waals surface area contributed by atoms with Crippen LogP contribution >= 0.6 is 0 Å². The molecule has 5 nitrogen and oxygen atoms in total. The molecular weight excluding hydrogens is 441 g/mol. The highest BCUT2D eigenvalue weighted by Crippen LogP contribution is 2.38. The van der Waals surface area contributed by atoms with Crippen molar-refractivity contribution in [3.63, 3.8) is 0 Å². The third-order valence-corrected chi connectivity index (χ3v) is 7.06. The molecule has 1 aliphatic heterocycles. The highest BCUT2D eigenvalue weighted by atomic mass is 19.1. The lowest BCUT2D eigenvalue weighted by atomic mass is 9.89. The van der Waals surface area contributed by atoms with Crippen molar-refractivity contribution in [1.82, 2.24) is 4.90 Å². The van der Waals surface area contributed by atoms with Gasteiger partial charge in [0.25, 0.3) is 5.91 Å². The van der Waals surface area contributed by atoms with Gasteiger partial charge in [0, 0.05) is 23.4 Å². The summed E-state index contributed by atoms with van der Waals surface area (Å²) in [6.07, 6.45) is 7.11. The van der Waals surface area contributed by atoms with Gasteiger partial charge in [0.15, 0.2) is 0 Å². The van der Waals surface area contributed by atoms with Gasteiger partial charge in [0.05, 0.1) is 12.1 Å². The van der Waals surface area contributed by atoms with E-state index in [0.717, 1.165) is 61.2 Å². The lowest BCUT2D eigenvalue weighted by Crippen LogP contribution is -2.89. The first-order valence-corrected chi connectivity index (χ1v) is 12.8. The molecule has 35 heavy (non-hydrogen) atoms. The van der Waals surface area contributed by atoms with Crippen LogP contribution < -0.4 is 10.6 Å². The molecule has 3 rings (SSSR count). The molecule has 6 heteroatoms. The van der Waals surface area contributed by atoms with Gasteiger partial charge in [-0.1, -0.05) is 31.1 Å². The average Bonchev–Trinajstić information content (AvgIpc) is 3.05. The molecule has 1 heterocycles. The van der Waals surface area contributed by atoms with Crippen molar-refractivity contribution in [2.75, 3.05) is 31.5 Å². The van der Waals surface area contributed by atoms with E-state index in [1.807, 2.05) is 18.3 Å². The number of benzene rings is 1. The third-order valence-electron chi connectivity index (χ3n) is 7.06. The number of nitrogens with zero attached hydrogens (tertiary/aromatic N) is 1. The largest absolute Gasteiger partial charge is 0.342 e. The number of rotatable bonds is 9. The Morgan fingerprint density at radius 2 is 1.97 bits per heavy atom. The van der Waals surface area contributed by atoms with Gasteiger partial charge in [-0.05, 0) is 95.0 Å². The third kappa shape index (κ3) is 6.44. The van der Waals surface area contributed by atoms with Crippen LogP contribution in [0, 0.1) is 5.82 Å². The molecule has 3 N–H and O–H groups in total. The zero-order valence-corrected chi connectivity index (χ0v) is 21.8. The molecule has 1 aliphatic carbocycles.